The Morgan fingerprint density at radius 3 is 1.00 bits per heavy atom. The van der Waals surface area contributed by atoms with Gasteiger partial charge in [-0.25, -0.2) is 0 Å². The van der Waals surface area contributed by atoms with Crippen LogP contribution in [-0.4, -0.2) is 0 Å². The van der Waals surface area contributed by atoms with Crippen molar-refractivity contribution in [2.45, 2.75) is 0 Å². The number of rotatable bonds is 0. The summed E-state index contributed by atoms with van der Waals surface area (Å²) in [5, 5.41) is 0. The second-order valence-electron chi connectivity index (χ2n) is 0. The van der Waals surface area contributed by atoms with Gasteiger partial charge >= 0.3 is 0 Å². The van der Waals surface area contributed by atoms with E-state index in [1.54, 1.807) is 0 Å². The molecule has 0 rings (SSSR count). The van der Waals surface area contributed by atoms with Gasteiger partial charge in [0.25, 0.3) is 0 Å². The van der Waals surface area contributed by atoms with Gasteiger partial charge in [-0.05, 0) is 0 Å². The molecular formula is DyErGdHoTb. The average Bonchev–Trinajstić information content (AvgIpc) is 0. The van der Waals surface area contributed by atoms with Crippen molar-refractivity contribution >= 4 is 0 Å². The minimum Gasteiger partial charge on any atom is 0 e. The smallest absolute Gasteiger partial charge is 0 e. The Labute approximate surface area is 185 Å². The van der Waals surface area contributed by atoms with Crippen LogP contribution < -0.4 is 0 Å². The molecular weight excluding hydrogens is 811 g/mol. The van der Waals surface area contributed by atoms with Crippen LogP contribution in [0.1, 0.15) is 0 Å². The molecule has 0 saturated heterocycles. The maximum absolute atomic E-state index is 0. The molecule has 0 amide bonds. The van der Waals surface area contributed by atoms with E-state index in [-0.39, 0.29) is 192 Å². The van der Waals surface area contributed by atoms with Gasteiger partial charge in [0, 0.05) is 192 Å². The Hall–Kier alpha value is 6.39. The first kappa shape index (κ1) is 30.1. The van der Waals surface area contributed by atoms with E-state index < -0.39 is 0 Å². The second kappa shape index (κ2) is 22.4. The van der Waals surface area contributed by atoms with Crippen molar-refractivity contribution in [1.82, 2.24) is 0 Å². The third kappa shape index (κ3) is 17.9. The molecule has 5 heteroatoms. The SMILES string of the molecule is [Dy].[Er].[Gd].[Ho].[Tb]. The Morgan fingerprint density at radius 1 is 1.00 bits per heavy atom. The first-order chi connectivity index (χ1) is 0. The van der Waals surface area contributed by atoms with Crippen LogP contribution in [0.25, 0.3) is 0 Å². The Morgan fingerprint density at radius 2 is 1.00 bits per heavy atom. The van der Waals surface area contributed by atoms with Crippen LogP contribution in [0.3, 0.4) is 0 Å². The Kier molecular flexibility index (Phi) is 135. The van der Waals surface area contributed by atoms with Gasteiger partial charge in [-0.1, -0.05) is 0 Å². The fourth-order valence-corrected chi connectivity index (χ4v) is 0. The molecule has 0 unspecified atom stereocenters. The van der Waals surface area contributed by atoms with E-state index in [2.05, 4.69) is 0 Å². The van der Waals surface area contributed by atoms with Crippen LogP contribution in [0, 0.1) is 192 Å². The zero-order chi connectivity index (χ0) is 0. The fraction of sp³-hybridized carbons (Fsp3) is 0. The molecule has 0 fully saturated rings. The van der Waals surface area contributed by atoms with Crippen molar-refractivity contribution in [2.75, 3.05) is 0 Å². The quantitative estimate of drug-likeness (QED) is 0.303. The second-order valence-corrected chi connectivity index (χ2v) is 0. The predicted molar refractivity (Wildman–Crippen MR) is 0 cm³/mol. The van der Waals surface area contributed by atoms with Gasteiger partial charge in [-0.3, -0.25) is 0 Å². The predicted octanol–water partition coefficient (Wildman–Crippen LogP) is 0. The molecule has 5 heavy (non-hydrogen) atoms. The van der Waals surface area contributed by atoms with Crippen molar-refractivity contribution in [2.24, 2.45) is 0 Å². The van der Waals surface area contributed by atoms with Gasteiger partial charge in [0.2, 0.25) is 0 Å². The molecule has 0 saturated carbocycles. The van der Waals surface area contributed by atoms with Crippen LogP contribution in [0.5, 0.6) is 0 Å². The van der Waals surface area contributed by atoms with Crippen LogP contribution in [-0.2, 0) is 0 Å². The van der Waals surface area contributed by atoms with Crippen LogP contribution in [0.2, 0.25) is 0 Å². The summed E-state index contributed by atoms with van der Waals surface area (Å²) >= 11 is 0. The summed E-state index contributed by atoms with van der Waals surface area (Å²) in [6.45, 7) is 0. The van der Waals surface area contributed by atoms with Gasteiger partial charge < -0.3 is 0 Å². The van der Waals surface area contributed by atoms with Crippen LogP contribution >= 0.6 is 0 Å². The van der Waals surface area contributed by atoms with Crippen LogP contribution in [0.4, 0.5) is 0 Å². The molecule has 0 nitrogen and oxygen atoms in total. The van der Waals surface area contributed by atoms with Crippen molar-refractivity contribution in [3.05, 3.63) is 0 Å². The zero-order valence-electron chi connectivity index (χ0n) is 1.59. The Bertz CT molecular complexity index is 11.6. The maximum Gasteiger partial charge on any atom is 0 e. The summed E-state index contributed by atoms with van der Waals surface area (Å²) in [5.41, 5.74) is 0. The van der Waals surface area contributed by atoms with Crippen molar-refractivity contribution in [3.8, 4) is 0 Å². The van der Waals surface area contributed by atoms with Gasteiger partial charge in [0.15, 0.2) is 0 Å². The summed E-state index contributed by atoms with van der Waals surface area (Å²) in [4.78, 5) is 0. The summed E-state index contributed by atoms with van der Waals surface area (Å²) in [7, 11) is 0. The average molecular weight is 811 g/mol. The topological polar surface area (TPSA) is 0 Å². The van der Waals surface area contributed by atoms with Gasteiger partial charge in [-0.2, -0.15) is 0 Å². The standard InChI is InChI=1S/Dy.Er.Gd.Ho.Tb. The molecule has 2 radical (unpaired) electrons. The molecule has 0 bridgehead atoms. The third-order valence-corrected chi connectivity index (χ3v) is 0. The first-order valence-corrected chi connectivity index (χ1v) is 0. The molecule has 0 N–H and O–H groups in total. The molecule has 0 atom stereocenters. The van der Waals surface area contributed by atoms with E-state index in [1.165, 1.54) is 0 Å². The molecule has 0 aliphatic rings. The monoisotopic (exact) mass is 812 g/mol. The van der Waals surface area contributed by atoms with E-state index in [1.807, 2.05) is 0 Å². The largest absolute Gasteiger partial charge is 0 e. The van der Waals surface area contributed by atoms with Gasteiger partial charge in [0.05, 0.1) is 0 Å². The minimum atomic E-state index is 0. The number of hydrogen-bond donors (Lipinski definition) is 0. The van der Waals surface area contributed by atoms with E-state index in [9.17, 15) is 0 Å². The maximum atomic E-state index is 0. The summed E-state index contributed by atoms with van der Waals surface area (Å²) < 4.78 is 0. The van der Waals surface area contributed by atoms with E-state index in [0.29, 0.717) is 0 Å². The van der Waals surface area contributed by atoms with E-state index in [4.69, 9.17) is 0 Å². The van der Waals surface area contributed by atoms with E-state index >= 15 is 0 Å². The zero-order valence-corrected chi connectivity index (χ0v) is 11.8. The van der Waals surface area contributed by atoms with Crippen LogP contribution in [0.15, 0.2) is 0 Å². The minimum absolute atomic E-state index is 0. The molecule has 0 heterocycles. The fourth-order valence-electron chi connectivity index (χ4n) is 0. The Balaban J connectivity index is 0. The third-order valence-electron chi connectivity index (χ3n) is 0. The van der Waals surface area contributed by atoms with Crippen molar-refractivity contribution in [3.63, 3.8) is 0 Å². The van der Waals surface area contributed by atoms with Crippen molar-refractivity contribution in [1.29, 1.82) is 0 Å². The molecule has 0 aliphatic heterocycles. The van der Waals surface area contributed by atoms with E-state index in [0.717, 1.165) is 0 Å². The normalized spacial score (nSPS) is 0. The summed E-state index contributed by atoms with van der Waals surface area (Å²) in [6, 6.07) is 0. The molecule has 0 aromatic carbocycles. The van der Waals surface area contributed by atoms with Crippen molar-refractivity contribution < 1.29 is 192 Å². The summed E-state index contributed by atoms with van der Waals surface area (Å²) in [5.74, 6) is 0. The molecule has 0 aliphatic carbocycles. The molecule has 0 aromatic heterocycles. The summed E-state index contributed by atoms with van der Waals surface area (Å²) in [6.07, 6.45) is 0. The molecule has 0 aromatic rings. The molecule has 0 spiro atoms. The first-order valence-electron chi connectivity index (χ1n) is 0. The molecule has 50 valence electrons. The van der Waals surface area contributed by atoms with Gasteiger partial charge in [-0.15, -0.1) is 0 Å². The number of hydrogen-bond acceptors (Lipinski definition) is 0. The van der Waals surface area contributed by atoms with Gasteiger partial charge in [0.1, 0.15) is 0 Å².